The molecule has 1 fully saturated rings. The second-order valence-corrected chi connectivity index (χ2v) is 6.97. The number of hydrogen-bond acceptors (Lipinski definition) is 6. The highest BCUT2D eigenvalue weighted by Gasteiger charge is 2.41. The summed E-state index contributed by atoms with van der Waals surface area (Å²) in [7, 11) is -2.45. The first-order chi connectivity index (χ1) is 9.00. The lowest BCUT2D eigenvalue weighted by molar-refractivity contribution is -0.141. The Hall–Kier alpha value is -1.06. The van der Waals surface area contributed by atoms with Gasteiger partial charge in [0.05, 0.1) is 13.3 Å². The molecule has 1 unspecified atom stereocenters. The number of rotatable bonds is 4. The van der Waals surface area contributed by atoms with Gasteiger partial charge in [-0.1, -0.05) is 0 Å². The molecule has 1 aliphatic rings. The number of thioether (sulfide) groups is 1. The summed E-state index contributed by atoms with van der Waals surface area (Å²) in [4.78, 5) is 11.7. The number of hydrogen-bond donors (Lipinski definition) is 0. The molecule has 0 aromatic carbocycles. The Labute approximate surface area is 116 Å². The number of aryl methyl sites for hydroxylation is 1. The third kappa shape index (κ3) is 2.63. The van der Waals surface area contributed by atoms with Crippen LogP contribution in [0, 0.1) is 0 Å². The lowest BCUT2D eigenvalue weighted by atomic mass is 10.6. The maximum atomic E-state index is 12.4. The standard InChI is InChI=1S/C10H15N3O4S2/c1-3-12-7-8(6-11-12)19(15,16)13-4-5-18-9(13)10(14)17-2/h6-7,9H,3-5H2,1-2H3. The van der Waals surface area contributed by atoms with Crippen LogP contribution in [-0.4, -0.2) is 53.3 Å². The number of methoxy groups -OCH3 is 1. The van der Waals surface area contributed by atoms with Crippen LogP contribution in [0.25, 0.3) is 0 Å². The first-order valence-corrected chi connectivity index (χ1v) is 8.23. The van der Waals surface area contributed by atoms with E-state index in [2.05, 4.69) is 9.84 Å². The SMILES string of the molecule is CCn1cc(S(=O)(=O)N2CCSC2C(=O)OC)cn1. The molecule has 0 radical (unpaired) electrons. The zero-order valence-electron chi connectivity index (χ0n) is 10.6. The second kappa shape index (κ2) is 5.51. The molecule has 0 N–H and O–H groups in total. The van der Waals surface area contributed by atoms with Crippen molar-refractivity contribution in [1.29, 1.82) is 0 Å². The van der Waals surface area contributed by atoms with Gasteiger partial charge in [-0.05, 0) is 6.92 Å². The molecule has 9 heteroatoms. The van der Waals surface area contributed by atoms with Crippen LogP contribution >= 0.6 is 11.8 Å². The van der Waals surface area contributed by atoms with Gasteiger partial charge < -0.3 is 4.74 Å². The molecule has 2 heterocycles. The third-order valence-corrected chi connectivity index (χ3v) is 5.92. The zero-order chi connectivity index (χ0) is 14.0. The summed E-state index contributed by atoms with van der Waals surface area (Å²) in [5.41, 5.74) is 0. The molecule has 19 heavy (non-hydrogen) atoms. The third-order valence-electron chi connectivity index (χ3n) is 2.79. The van der Waals surface area contributed by atoms with Crippen LogP contribution in [0.4, 0.5) is 0 Å². The van der Waals surface area contributed by atoms with Crippen LogP contribution in [0.2, 0.25) is 0 Å². The number of nitrogens with zero attached hydrogens (tertiary/aromatic N) is 3. The highest BCUT2D eigenvalue weighted by Crippen LogP contribution is 2.30. The first kappa shape index (κ1) is 14.4. The molecule has 1 aliphatic heterocycles. The van der Waals surface area contributed by atoms with Gasteiger partial charge in [0.1, 0.15) is 4.90 Å². The summed E-state index contributed by atoms with van der Waals surface area (Å²) in [6.07, 6.45) is 2.77. The van der Waals surface area contributed by atoms with Gasteiger partial charge in [-0.3, -0.25) is 4.68 Å². The molecule has 1 saturated heterocycles. The molecule has 0 aliphatic carbocycles. The van der Waals surface area contributed by atoms with Gasteiger partial charge in [-0.2, -0.15) is 9.40 Å². The van der Waals surface area contributed by atoms with Crippen molar-refractivity contribution in [3.05, 3.63) is 12.4 Å². The van der Waals surface area contributed by atoms with Gasteiger partial charge in [0, 0.05) is 25.0 Å². The smallest absolute Gasteiger partial charge is 0.334 e. The predicted octanol–water partition coefficient (Wildman–Crippen LogP) is 0.140. The van der Waals surface area contributed by atoms with E-state index in [0.29, 0.717) is 18.8 Å². The van der Waals surface area contributed by atoms with Crippen molar-refractivity contribution in [3.8, 4) is 0 Å². The number of carbonyl (C=O) groups excluding carboxylic acids is 1. The van der Waals surface area contributed by atoms with Crippen molar-refractivity contribution >= 4 is 27.8 Å². The Morgan fingerprint density at radius 2 is 2.37 bits per heavy atom. The van der Waals surface area contributed by atoms with E-state index in [9.17, 15) is 13.2 Å². The highest BCUT2D eigenvalue weighted by molar-refractivity contribution is 8.02. The molecule has 1 atom stereocenters. The molecule has 2 rings (SSSR count). The molecule has 0 spiro atoms. The van der Waals surface area contributed by atoms with Crippen molar-refractivity contribution in [2.24, 2.45) is 0 Å². The molecule has 7 nitrogen and oxygen atoms in total. The molecular formula is C10H15N3O4S2. The minimum Gasteiger partial charge on any atom is -0.467 e. The maximum absolute atomic E-state index is 12.4. The van der Waals surface area contributed by atoms with Crippen molar-refractivity contribution in [2.75, 3.05) is 19.4 Å². The second-order valence-electron chi connectivity index (χ2n) is 3.89. The van der Waals surface area contributed by atoms with E-state index in [0.717, 1.165) is 0 Å². The van der Waals surface area contributed by atoms with Crippen LogP contribution in [-0.2, 0) is 26.1 Å². The van der Waals surface area contributed by atoms with E-state index in [-0.39, 0.29) is 4.90 Å². The number of esters is 1. The Bertz CT molecular complexity index is 569. The quantitative estimate of drug-likeness (QED) is 0.736. The Balaban J connectivity index is 2.30. The first-order valence-electron chi connectivity index (χ1n) is 5.74. The Morgan fingerprint density at radius 1 is 1.63 bits per heavy atom. The number of sulfonamides is 1. The van der Waals surface area contributed by atoms with E-state index in [1.807, 2.05) is 6.92 Å². The summed E-state index contributed by atoms with van der Waals surface area (Å²) in [6, 6.07) is 0. The van der Waals surface area contributed by atoms with E-state index in [1.54, 1.807) is 0 Å². The van der Waals surface area contributed by atoms with Gasteiger partial charge in [-0.25, -0.2) is 13.2 Å². The molecule has 106 valence electrons. The normalized spacial score (nSPS) is 20.6. The van der Waals surface area contributed by atoms with Crippen LogP contribution in [0.3, 0.4) is 0 Å². The van der Waals surface area contributed by atoms with Crippen LogP contribution in [0.15, 0.2) is 17.3 Å². The maximum Gasteiger partial charge on any atom is 0.334 e. The molecule has 0 saturated carbocycles. The molecule has 1 aromatic heterocycles. The fourth-order valence-corrected chi connectivity index (χ4v) is 4.82. The number of aromatic nitrogens is 2. The summed E-state index contributed by atoms with van der Waals surface area (Å²) >= 11 is 1.26. The zero-order valence-corrected chi connectivity index (χ0v) is 12.3. The van der Waals surface area contributed by atoms with Gasteiger partial charge in [0.2, 0.25) is 10.0 Å². The van der Waals surface area contributed by atoms with Gasteiger partial charge in [0.15, 0.2) is 5.37 Å². The van der Waals surface area contributed by atoms with Crippen LogP contribution < -0.4 is 0 Å². The number of carbonyl (C=O) groups is 1. The Kier molecular flexibility index (Phi) is 4.16. The predicted molar refractivity (Wildman–Crippen MR) is 70.1 cm³/mol. The van der Waals surface area contributed by atoms with Crippen LogP contribution in [0.5, 0.6) is 0 Å². The summed E-state index contributed by atoms with van der Waals surface area (Å²) < 4.78 is 32.2. The summed E-state index contributed by atoms with van der Waals surface area (Å²) in [5, 5.41) is 3.14. The minimum absolute atomic E-state index is 0.103. The lowest BCUT2D eigenvalue weighted by Gasteiger charge is -2.20. The Morgan fingerprint density at radius 3 is 2.95 bits per heavy atom. The van der Waals surface area contributed by atoms with Crippen molar-refractivity contribution in [2.45, 2.75) is 23.7 Å². The van der Waals surface area contributed by atoms with Gasteiger partial charge in [0.25, 0.3) is 0 Å². The molecule has 0 bridgehead atoms. The molecular weight excluding hydrogens is 290 g/mol. The monoisotopic (exact) mass is 305 g/mol. The molecule has 1 aromatic rings. The van der Waals surface area contributed by atoms with E-state index in [4.69, 9.17) is 0 Å². The highest BCUT2D eigenvalue weighted by atomic mass is 32.2. The average molecular weight is 305 g/mol. The molecule has 0 amide bonds. The van der Waals surface area contributed by atoms with Crippen molar-refractivity contribution < 1.29 is 17.9 Å². The number of ether oxygens (including phenoxy) is 1. The minimum atomic E-state index is -3.70. The van der Waals surface area contributed by atoms with E-state index in [1.165, 1.54) is 40.3 Å². The topological polar surface area (TPSA) is 81.5 Å². The van der Waals surface area contributed by atoms with Crippen LogP contribution in [0.1, 0.15) is 6.92 Å². The van der Waals surface area contributed by atoms with Crippen molar-refractivity contribution in [3.63, 3.8) is 0 Å². The summed E-state index contributed by atoms with van der Waals surface area (Å²) in [6.45, 7) is 2.75. The van der Waals surface area contributed by atoms with Crippen molar-refractivity contribution in [1.82, 2.24) is 14.1 Å². The fourth-order valence-electron chi connectivity index (χ4n) is 1.77. The fraction of sp³-hybridized carbons (Fsp3) is 0.600. The lowest BCUT2D eigenvalue weighted by Crippen LogP contribution is -2.39. The average Bonchev–Trinajstić information content (AvgIpc) is 3.06. The van der Waals surface area contributed by atoms with Gasteiger partial charge >= 0.3 is 5.97 Å². The van der Waals surface area contributed by atoms with E-state index >= 15 is 0 Å². The van der Waals surface area contributed by atoms with E-state index < -0.39 is 21.4 Å². The summed E-state index contributed by atoms with van der Waals surface area (Å²) in [5.74, 6) is 0.0231. The van der Waals surface area contributed by atoms with Gasteiger partial charge in [-0.15, -0.1) is 11.8 Å². The largest absolute Gasteiger partial charge is 0.467 e.